The van der Waals surface area contributed by atoms with E-state index in [1.807, 2.05) is 6.07 Å². The minimum absolute atomic E-state index is 0.0702. The third-order valence-corrected chi connectivity index (χ3v) is 2.54. The monoisotopic (exact) mass is 188 g/mol. The molecule has 2 atom stereocenters. The van der Waals surface area contributed by atoms with Gasteiger partial charge in [-0.15, -0.1) is 0 Å². The quantitative estimate of drug-likeness (QED) is 0.550. The minimum Gasteiger partial charge on any atom is -0.631 e. The first-order chi connectivity index (χ1) is 5.70. The molecule has 0 saturated carbocycles. The van der Waals surface area contributed by atoms with E-state index in [-0.39, 0.29) is 25.2 Å². The molecule has 0 saturated heterocycles. The van der Waals surface area contributed by atoms with Crippen molar-refractivity contribution in [2.45, 2.75) is 18.9 Å². The average Bonchev–Trinajstić information content (AvgIpc) is 2.02. The second kappa shape index (κ2) is 7.20. The van der Waals surface area contributed by atoms with Crippen molar-refractivity contribution >= 4 is 13.6 Å². The van der Waals surface area contributed by atoms with Crippen molar-refractivity contribution in [2.24, 2.45) is 5.73 Å². The highest BCUT2D eigenvalue weighted by Gasteiger charge is 2.01. The Kier molecular flexibility index (Phi) is 6.93. The number of nitrogens with two attached hydrogens (primary N) is 1. The first-order valence-electron chi connectivity index (χ1n) is 3.71. The smallest absolute Gasteiger partial charge is 0.125 e. The van der Waals surface area contributed by atoms with Gasteiger partial charge in [-0.1, -0.05) is 0 Å². The van der Waals surface area contributed by atoms with Crippen LogP contribution in [0, 0.1) is 11.3 Å². The van der Waals surface area contributed by atoms with E-state index in [1.54, 1.807) is 5.80 Å². The highest BCUT2D eigenvalue weighted by molar-refractivity contribution is 7.49. The van der Waals surface area contributed by atoms with E-state index < -0.39 is 7.77 Å². The van der Waals surface area contributed by atoms with Gasteiger partial charge in [-0.2, -0.15) is 5.26 Å². The Morgan fingerprint density at radius 3 is 2.92 bits per heavy atom. The molecule has 12 heavy (non-hydrogen) atoms. The predicted molar refractivity (Wildman–Crippen MR) is 47.8 cm³/mol. The molecule has 0 amide bonds. The van der Waals surface area contributed by atoms with Crippen LogP contribution < -0.4 is 10.6 Å². The number of hydrogen-bond donors (Lipinski definition) is 2. The molecule has 0 aromatic carbocycles. The van der Waals surface area contributed by atoms with Crippen LogP contribution in [0.15, 0.2) is 0 Å². The number of nitriles is 1. The molecular formula is C7H13N2O2P. The summed E-state index contributed by atoms with van der Waals surface area (Å²) in [6.07, 6.45) is 1.04. The largest absolute Gasteiger partial charge is 0.631 e. The molecule has 0 aliphatic heterocycles. The Bertz CT molecular complexity index is 188. The van der Waals surface area contributed by atoms with Crippen molar-refractivity contribution in [3.05, 3.63) is 0 Å². The Hall–Kier alpha value is -0.460. The summed E-state index contributed by atoms with van der Waals surface area (Å²) >= 11 is 0. The third-order valence-electron chi connectivity index (χ3n) is 1.29. The molecule has 0 fully saturated rings. The second-order valence-corrected chi connectivity index (χ2v) is 4.05. The minimum atomic E-state index is -1.44. The van der Waals surface area contributed by atoms with Gasteiger partial charge >= 0.3 is 0 Å². The van der Waals surface area contributed by atoms with Gasteiger partial charge in [0.1, 0.15) is 6.16 Å². The van der Waals surface area contributed by atoms with Gasteiger partial charge < -0.3 is 15.7 Å². The maximum Gasteiger partial charge on any atom is 0.125 e. The number of nitrogens with zero attached hydrogens (tertiary/aromatic N) is 1. The predicted octanol–water partition coefficient (Wildman–Crippen LogP) is -0.831. The lowest BCUT2D eigenvalue weighted by Crippen LogP contribution is -2.19. The van der Waals surface area contributed by atoms with Crippen LogP contribution in [0.25, 0.3) is 0 Å². The summed E-state index contributed by atoms with van der Waals surface area (Å²) in [5.41, 5.74) is 5.48. The normalized spacial score (nSPS) is 14.0. The molecule has 0 bridgehead atoms. The summed E-state index contributed by atoms with van der Waals surface area (Å²) in [7, 11) is -1.44. The Balaban J connectivity index is 3.64. The summed E-state index contributed by atoms with van der Waals surface area (Å²) in [5, 5.41) is 16.7. The molecule has 4 nitrogen and oxygen atoms in total. The van der Waals surface area contributed by atoms with E-state index in [0.29, 0.717) is 6.42 Å². The molecule has 68 valence electrons. The Labute approximate surface area is 73.1 Å². The summed E-state index contributed by atoms with van der Waals surface area (Å²) in [6.45, 7) is -0.0702. The zero-order chi connectivity index (χ0) is 9.40. The SMILES string of the molecule is N#CCC(N)CC=[P+]([O-])CCO. The first kappa shape index (κ1) is 11.5. The maximum atomic E-state index is 10.9. The summed E-state index contributed by atoms with van der Waals surface area (Å²) in [5.74, 6) is 1.58. The van der Waals surface area contributed by atoms with Crippen LogP contribution in [0.3, 0.4) is 0 Å². The van der Waals surface area contributed by atoms with Crippen LogP contribution in [-0.2, 0) is 0 Å². The lowest BCUT2D eigenvalue weighted by molar-refractivity contribution is -0.153. The van der Waals surface area contributed by atoms with Crippen molar-refractivity contribution in [1.82, 2.24) is 0 Å². The number of aliphatic hydroxyl groups excluding tert-OH is 1. The van der Waals surface area contributed by atoms with Crippen LogP contribution in [0.1, 0.15) is 12.8 Å². The molecule has 0 aromatic rings. The Morgan fingerprint density at radius 2 is 2.42 bits per heavy atom. The molecule has 0 aliphatic rings. The zero-order valence-corrected chi connectivity index (χ0v) is 7.70. The third kappa shape index (κ3) is 6.26. The van der Waals surface area contributed by atoms with Gasteiger partial charge in [0.2, 0.25) is 0 Å². The first-order valence-corrected chi connectivity index (χ1v) is 5.22. The molecule has 3 N–H and O–H groups in total. The number of aliphatic hydroxyl groups is 1. The zero-order valence-electron chi connectivity index (χ0n) is 6.81. The van der Waals surface area contributed by atoms with Crippen LogP contribution in [-0.4, -0.2) is 29.7 Å². The fourth-order valence-corrected chi connectivity index (χ4v) is 1.53. The molecule has 2 unspecified atom stereocenters. The topological polar surface area (TPSA) is 93.1 Å². The van der Waals surface area contributed by atoms with E-state index >= 15 is 0 Å². The van der Waals surface area contributed by atoms with Gasteiger partial charge in [0.15, 0.2) is 0 Å². The molecule has 5 heteroatoms. The van der Waals surface area contributed by atoms with Crippen molar-refractivity contribution in [3.63, 3.8) is 0 Å². The summed E-state index contributed by atoms with van der Waals surface area (Å²) in [4.78, 5) is 10.9. The van der Waals surface area contributed by atoms with Crippen LogP contribution in [0.2, 0.25) is 0 Å². The van der Waals surface area contributed by atoms with E-state index in [2.05, 4.69) is 0 Å². The molecule has 0 aliphatic carbocycles. The second-order valence-electron chi connectivity index (χ2n) is 2.40. The lowest BCUT2D eigenvalue weighted by atomic mass is 10.2. The average molecular weight is 188 g/mol. The van der Waals surface area contributed by atoms with Crippen LogP contribution in [0.5, 0.6) is 0 Å². The standard InChI is InChI=1S/C7H13N2O2P/c8-3-1-7(9)2-5-12(11)6-4-10/h5,7,10H,1-2,4,6,9H2. The van der Waals surface area contributed by atoms with Gasteiger partial charge in [-0.05, 0) is 0 Å². The van der Waals surface area contributed by atoms with Gasteiger partial charge in [0.25, 0.3) is 0 Å². The fourth-order valence-electron chi connectivity index (χ4n) is 0.643. The van der Waals surface area contributed by atoms with Crippen molar-refractivity contribution in [3.8, 4) is 6.07 Å². The van der Waals surface area contributed by atoms with Crippen molar-refractivity contribution in [1.29, 1.82) is 5.26 Å². The van der Waals surface area contributed by atoms with E-state index in [1.165, 1.54) is 0 Å². The number of hydrogen-bond acceptors (Lipinski definition) is 4. The maximum absolute atomic E-state index is 10.9. The molecule has 0 spiro atoms. The van der Waals surface area contributed by atoms with Crippen LogP contribution >= 0.6 is 7.77 Å². The van der Waals surface area contributed by atoms with Gasteiger partial charge in [-0.25, -0.2) is 0 Å². The van der Waals surface area contributed by atoms with Crippen molar-refractivity contribution in [2.75, 3.05) is 12.8 Å². The summed E-state index contributed by atoms with van der Waals surface area (Å²) in [6, 6.07) is 1.70. The Morgan fingerprint density at radius 1 is 1.75 bits per heavy atom. The van der Waals surface area contributed by atoms with E-state index in [0.717, 1.165) is 0 Å². The molecule has 0 rings (SSSR count). The molecule has 0 aromatic heterocycles. The van der Waals surface area contributed by atoms with E-state index in [4.69, 9.17) is 16.1 Å². The van der Waals surface area contributed by atoms with Gasteiger partial charge in [0.05, 0.1) is 24.9 Å². The van der Waals surface area contributed by atoms with Gasteiger partial charge in [-0.3, -0.25) is 0 Å². The summed E-state index contributed by atoms with van der Waals surface area (Å²) < 4.78 is 0. The number of rotatable bonds is 5. The fraction of sp³-hybridized carbons (Fsp3) is 0.714. The highest BCUT2D eigenvalue weighted by Crippen LogP contribution is 2.08. The van der Waals surface area contributed by atoms with Gasteiger partial charge in [0, 0.05) is 20.2 Å². The lowest BCUT2D eigenvalue weighted by Gasteiger charge is -2.01. The molecular weight excluding hydrogens is 175 g/mol. The van der Waals surface area contributed by atoms with Crippen LogP contribution in [0.4, 0.5) is 0 Å². The van der Waals surface area contributed by atoms with Crippen molar-refractivity contribution < 1.29 is 10.00 Å². The molecule has 0 heterocycles. The molecule has 0 radical (unpaired) electrons. The van der Waals surface area contributed by atoms with E-state index in [9.17, 15) is 4.89 Å². The highest BCUT2D eigenvalue weighted by atomic mass is 31.1.